The van der Waals surface area contributed by atoms with Crippen molar-refractivity contribution < 1.29 is 22.8 Å². The number of aromatic amines is 1. The minimum atomic E-state index is -4.47. The number of amides is 2. The van der Waals surface area contributed by atoms with Crippen LogP contribution in [0.3, 0.4) is 0 Å². The van der Waals surface area contributed by atoms with Gasteiger partial charge in [-0.15, -0.1) is 0 Å². The molecule has 0 bridgehead atoms. The van der Waals surface area contributed by atoms with E-state index in [-0.39, 0.29) is 5.69 Å². The third kappa shape index (κ3) is 3.98. The van der Waals surface area contributed by atoms with Crippen molar-refractivity contribution in [3.05, 3.63) is 57.8 Å². The van der Waals surface area contributed by atoms with E-state index < -0.39 is 23.6 Å². The molecule has 0 radical (unpaired) electrons. The summed E-state index contributed by atoms with van der Waals surface area (Å²) >= 11 is 2.13. The molecule has 9 heteroatoms. The predicted molar refractivity (Wildman–Crippen MR) is 99.7 cm³/mol. The zero-order valence-corrected chi connectivity index (χ0v) is 15.1. The Balaban J connectivity index is 1.69. The zero-order valence-electron chi connectivity index (χ0n) is 12.9. The molecule has 3 rings (SSSR count). The summed E-state index contributed by atoms with van der Waals surface area (Å²) in [6, 6.07) is 9.40. The van der Waals surface area contributed by atoms with E-state index in [0.29, 0.717) is 5.69 Å². The SMILES string of the molecule is O=C(Nc1ccc(C(F)(F)F)cc1)C(=O)Nc1c[nH]c2ccc(I)cc12. The molecule has 134 valence electrons. The molecular weight excluding hydrogens is 462 g/mol. The number of carbonyl (C=O) groups excluding carboxylic acids is 2. The summed E-state index contributed by atoms with van der Waals surface area (Å²) in [6.07, 6.45) is -2.91. The lowest BCUT2D eigenvalue weighted by Gasteiger charge is -2.09. The number of alkyl halides is 3. The number of hydrogen-bond donors (Lipinski definition) is 3. The average molecular weight is 473 g/mol. The summed E-state index contributed by atoms with van der Waals surface area (Å²) in [6.45, 7) is 0. The summed E-state index contributed by atoms with van der Waals surface area (Å²) < 4.78 is 38.5. The molecule has 0 saturated carbocycles. The van der Waals surface area contributed by atoms with E-state index in [9.17, 15) is 22.8 Å². The number of H-pyrrole nitrogens is 1. The lowest BCUT2D eigenvalue weighted by molar-refractivity contribution is -0.137. The molecule has 0 spiro atoms. The van der Waals surface area contributed by atoms with E-state index in [2.05, 4.69) is 38.2 Å². The summed E-state index contributed by atoms with van der Waals surface area (Å²) in [5.74, 6) is -1.91. The van der Waals surface area contributed by atoms with Crippen LogP contribution in [-0.2, 0) is 15.8 Å². The normalized spacial score (nSPS) is 11.4. The van der Waals surface area contributed by atoms with E-state index in [1.807, 2.05) is 18.2 Å². The second-order valence-electron chi connectivity index (χ2n) is 5.38. The van der Waals surface area contributed by atoms with Crippen molar-refractivity contribution in [2.45, 2.75) is 6.18 Å². The monoisotopic (exact) mass is 473 g/mol. The Hall–Kier alpha value is -2.56. The average Bonchev–Trinajstić information content (AvgIpc) is 2.96. The lowest BCUT2D eigenvalue weighted by Crippen LogP contribution is -2.29. The molecule has 2 amide bonds. The highest BCUT2D eigenvalue weighted by atomic mass is 127. The third-order valence-electron chi connectivity index (χ3n) is 3.57. The maximum Gasteiger partial charge on any atom is 0.416 e. The highest BCUT2D eigenvalue weighted by Crippen LogP contribution is 2.30. The van der Waals surface area contributed by atoms with Gasteiger partial charge >= 0.3 is 18.0 Å². The van der Waals surface area contributed by atoms with E-state index in [4.69, 9.17) is 0 Å². The van der Waals surface area contributed by atoms with Gasteiger partial charge in [0.25, 0.3) is 0 Å². The number of rotatable bonds is 2. The van der Waals surface area contributed by atoms with Gasteiger partial charge < -0.3 is 15.6 Å². The maximum atomic E-state index is 12.5. The largest absolute Gasteiger partial charge is 0.416 e. The Morgan fingerprint density at radius 1 is 0.962 bits per heavy atom. The molecule has 0 atom stereocenters. The highest BCUT2D eigenvalue weighted by molar-refractivity contribution is 14.1. The molecule has 0 aliphatic heterocycles. The van der Waals surface area contributed by atoms with E-state index >= 15 is 0 Å². The van der Waals surface area contributed by atoms with E-state index in [1.165, 1.54) is 0 Å². The van der Waals surface area contributed by atoms with Crippen molar-refractivity contribution >= 4 is 56.7 Å². The van der Waals surface area contributed by atoms with Crippen LogP contribution in [0, 0.1) is 3.57 Å². The van der Waals surface area contributed by atoms with Gasteiger partial charge in [0.2, 0.25) is 0 Å². The van der Waals surface area contributed by atoms with Crippen molar-refractivity contribution in [2.75, 3.05) is 10.6 Å². The Labute approximate surface area is 159 Å². The predicted octanol–water partition coefficient (Wildman–Crippen LogP) is 4.37. The summed E-state index contributed by atoms with van der Waals surface area (Å²) in [7, 11) is 0. The first-order valence-corrected chi connectivity index (χ1v) is 8.38. The second-order valence-corrected chi connectivity index (χ2v) is 6.62. The fraction of sp³-hybridized carbons (Fsp3) is 0.0588. The fourth-order valence-electron chi connectivity index (χ4n) is 2.31. The zero-order chi connectivity index (χ0) is 18.9. The fourth-order valence-corrected chi connectivity index (χ4v) is 2.80. The van der Waals surface area contributed by atoms with Crippen LogP contribution in [-0.4, -0.2) is 16.8 Å². The molecule has 1 aromatic heterocycles. The maximum absolute atomic E-state index is 12.5. The summed E-state index contributed by atoms with van der Waals surface area (Å²) in [4.78, 5) is 27.0. The Morgan fingerprint density at radius 2 is 1.62 bits per heavy atom. The van der Waals surface area contributed by atoms with Gasteiger partial charge in [0.1, 0.15) is 0 Å². The van der Waals surface area contributed by atoms with Crippen molar-refractivity contribution in [1.29, 1.82) is 0 Å². The number of anilines is 2. The van der Waals surface area contributed by atoms with Crippen LogP contribution in [0.15, 0.2) is 48.7 Å². The molecule has 0 aliphatic rings. The van der Waals surface area contributed by atoms with Crippen LogP contribution in [0.1, 0.15) is 5.56 Å². The first kappa shape index (κ1) is 18.2. The smallest absolute Gasteiger partial charge is 0.359 e. The van der Waals surface area contributed by atoms with Crippen LogP contribution in [0.5, 0.6) is 0 Å². The van der Waals surface area contributed by atoms with Crippen molar-refractivity contribution in [3.8, 4) is 0 Å². The number of carbonyl (C=O) groups is 2. The van der Waals surface area contributed by atoms with Crippen molar-refractivity contribution in [3.63, 3.8) is 0 Å². The van der Waals surface area contributed by atoms with Crippen molar-refractivity contribution in [1.82, 2.24) is 4.98 Å². The standard InChI is InChI=1S/C17H11F3IN3O2/c18-17(19,20)9-1-4-11(5-2-9)23-15(25)16(26)24-14-8-22-13-6-3-10(21)7-12(13)14/h1-8,22H,(H,23,25)(H,24,26). The van der Waals surface area contributed by atoms with Gasteiger partial charge in [-0.2, -0.15) is 13.2 Å². The van der Waals surface area contributed by atoms with Gasteiger partial charge in [0.05, 0.1) is 11.3 Å². The minimum absolute atomic E-state index is 0.0895. The van der Waals surface area contributed by atoms with Gasteiger partial charge in [-0.1, -0.05) is 0 Å². The lowest BCUT2D eigenvalue weighted by atomic mass is 10.2. The van der Waals surface area contributed by atoms with Gasteiger partial charge in [0, 0.05) is 26.4 Å². The summed E-state index contributed by atoms with van der Waals surface area (Å²) in [5.41, 5.74) is 0.481. The number of nitrogens with one attached hydrogen (secondary N) is 3. The molecule has 2 aromatic carbocycles. The van der Waals surface area contributed by atoms with Crippen LogP contribution < -0.4 is 10.6 Å². The molecule has 5 nitrogen and oxygen atoms in total. The molecule has 26 heavy (non-hydrogen) atoms. The van der Waals surface area contributed by atoms with Crippen LogP contribution in [0.2, 0.25) is 0 Å². The van der Waals surface area contributed by atoms with Gasteiger partial charge in [-0.3, -0.25) is 9.59 Å². The topological polar surface area (TPSA) is 74.0 Å². The number of aromatic nitrogens is 1. The second kappa shape index (κ2) is 6.98. The van der Waals surface area contributed by atoms with E-state index in [0.717, 1.165) is 38.7 Å². The molecule has 3 N–H and O–H groups in total. The third-order valence-corrected chi connectivity index (χ3v) is 4.24. The molecule has 0 unspecified atom stereocenters. The van der Waals surface area contributed by atoms with Crippen LogP contribution in [0.25, 0.3) is 10.9 Å². The molecule has 1 heterocycles. The van der Waals surface area contributed by atoms with Crippen molar-refractivity contribution in [2.24, 2.45) is 0 Å². The number of benzene rings is 2. The quantitative estimate of drug-likeness (QED) is 0.382. The van der Waals surface area contributed by atoms with Gasteiger partial charge in [-0.25, -0.2) is 0 Å². The first-order chi connectivity index (χ1) is 12.2. The molecule has 3 aromatic rings. The van der Waals surface area contributed by atoms with Gasteiger partial charge in [-0.05, 0) is 65.1 Å². The molecule has 0 fully saturated rings. The first-order valence-electron chi connectivity index (χ1n) is 7.30. The number of hydrogen-bond acceptors (Lipinski definition) is 2. The van der Waals surface area contributed by atoms with E-state index in [1.54, 1.807) is 6.20 Å². The Morgan fingerprint density at radius 3 is 2.27 bits per heavy atom. The minimum Gasteiger partial charge on any atom is -0.359 e. The molecule has 0 saturated heterocycles. The Bertz CT molecular complexity index is 981. The summed E-state index contributed by atoms with van der Waals surface area (Å²) in [5, 5.41) is 5.49. The van der Waals surface area contributed by atoms with Crippen LogP contribution in [0.4, 0.5) is 24.5 Å². The molecular formula is C17H11F3IN3O2. The van der Waals surface area contributed by atoms with Gasteiger partial charge in [0.15, 0.2) is 0 Å². The van der Waals surface area contributed by atoms with Crippen LogP contribution >= 0.6 is 22.6 Å². The highest BCUT2D eigenvalue weighted by Gasteiger charge is 2.30. The molecule has 0 aliphatic carbocycles. The number of fused-ring (bicyclic) bond motifs is 1. The Kier molecular flexibility index (Phi) is 4.90. The number of halogens is 4.